The number of nitrogens with one attached hydrogen (secondary N) is 1. The van der Waals surface area contributed by atoms with Crippen LogP contribution in [-0.4, -0.2) is 25.2 Å². The van der Waals surface area contributed by atoms with E-state index in [1.165, 1.54) is 41.0 Å². The van der Waals surface area contributed by atoms with Crippen LogP contribution in [0.4, 0.5) is 0 Å². The molecule has 1 N–H and O–H groups in total. The molecule has 3 rings (SSSR count). The van der Waals surface area contributed by atoms with Crippen LogP contribution >= 0.6 is 11.3 Å². The van der Waals surface area contributed by atoms with E-state index in [1.54, 1.807) is 13.4 Å². The molecule has 0 aliphatic heterocycles. The van der Waals surface area contributed by atoms with Crippen molar-refractivity contribution in [3.8, 4) is 10.8 Å². The summed E-state index contributed by atoms with van der Waals surface area (Å²) >= 11 is 1.84. The quantitative estimate of drug-likeness (QED) is 0.831. The van der Waals surface area contributed by atoms with Crippen LogP contribution in [0.3, 0.4) is 0 Å². The molecular formula is C15H20N2O2S. The van der Waals surface area contributed by atoms with Gasteiger partial charge in [0.1, 0.15) is 6.26 Å². The van der Waals surface area contributed by atoms with Gasteiger partial charge in [0.2, 0.25) is 5.89 Å². The molecule has 2 aromatic heterocycles. The first kappa shape index (κ1) is 13.8. The minimum Gasteiger partial charge on any atom is -0.444 e. The highest BCUT2D eigenvalue weighted by atomic mass is 32.1. The minimum absolute atomic E-state index is 0.711. The number of fused-ring (bicyclic) bond motifs is 1. The monoisotopic (exact) mass is 292 g/mol. The fourth-order valence-electron chi connectivity index (χ4n) is 2.49. The van der Waals surface area contributed by atoms with Crippen molar-refractivity contribution in [3.63, 3.8) is 0 Å². The Labute approximate surface area is 123 Å². The Balaban J connectivity index is 1.65. The van der Waals surface area contributed by atoms with Crippen molar-refractivity contribution in [3.05, 3.63) is 28.5 Å². The Morgan fingerprint density at radius 1 is 1.40 bits per heavy atom. The molecule has 108 valence electrons. The maximum absolute atomic E-state index is 5.61. The van der Waals surface area contributed by atoms with Crippen molar-refractivity contribution in [2.75, 3.05) is 20.3 Å². The van der Waals surface area contributed by atoms with Gasteiger partial charge in [0.25, 0.3) is 0 Å². The van der Waals surface area contributed by atoms with Gasteiger partial charge in [0.05, 0.1) is 17.2 Å². The van der Waals surface area contributed by atoms with E-state index in [-0.39, 0.29) is 0 Å². The number of hydrogen-bond acceptors (Lipinski definition) is 5. The summed E-state index contributed by atoms with van der Waals surface area (Å²) in [6.07, 6.45) is 6.79. The molecule has 5 heteroatoms. The largest absolute Gasteiger partial charge is 0.444 e. The van der Waals surface area contributed by atoms with Crippen molar-refractivity contribution in [2.24, 2.45) is 0 Å². The van der Waals surface area contributed by atoms with Gasteiger partial charge in [-0.2, -0.15) is 0 Å². The molecule has 0 saturated carbocycles. The summed E-state index contributed by atoms with van der Waals surface area (Å²) in [6.45, 7) is 2.26. The second kappa shape index (κ2) is 6.52. The average molecular weight is 292 g/mol. The molecule has 4 nitrogen and oxygen atoms in total. The first-order valence-corrected chi connectivity index (χ1v) is 7.94. The van der Waals surface area contributed by atoms with Gasteiger partial charge in [-0.25, -0.2) is 4.98 Å². The number of ether oxygens (including phenoxy) is 1. The number of rotatable bonds is 6. The molecule has 0 unspecified atom stereocenters. The number of aromatic nitrogens is 1. The van der Waals surface area contributed by atoms with Gasteiger partial charge in [-0.15, -0.1) is 11.3 Å². The Morgan fingerprint density at radius 3 is 3.15 bits per heavy atom. The normalized spacial score (nSPS) is 14.4. The molecule has 0 saturated heterocycles. The van der Waals surface area contributed by atoms with Crippen molar-refractivity contribution in [1.82, 2.24) is 10.3 Å². The fraction of sp³-hybridized carbons (Fsp3) is 0.533. The first-order valence-electron chi connectivity index (χ1n) is 7.13. The molecule has 0 spiro atoms. The number of hydrogen-bond donors (Lipinski definition) is 1. The Hall–Kier alpha value is -1.17. The first-order chi connectivity index (χ1) is 9.86. The maximum Gasteiger partial charge on any atom is 0.236 e. The molecular weight excluding hydrogens is 272 g/mol. The van der Waals surface area contributed by atoms with Crippen molar-refractivity contribution < 1.29 is 9.15 Å². The maximum atomic E-state index is 5.61. The van der Waals surface area contributed by atoms with Gasteiger partial charge >= 0.3 is 0 Å². The number of aryl methyl sites for hydroxylation is 2. The van der Waals surface area contributed by atoms with E-state index >= 15 is 0 Å². The van der Waals surface area contributed by atoms with Gasteiger partial charge in [0, 0.05) is 25.1 Å². The summed E-state index contributed by atoms with van der Waals surface area (Å²) in [5, 5.41) is 3.27. The Bertz CT molecular complexity index is 538. The third-order valence-electron chi connectivity index (χ3n) is 3.55. The Morgan fingerprint density at radius 2 is 2.30 bits per heavy atom. The molecule has 1 aliphatic rings. The van der Waals surface area contributed by atoms with Gasteiger partial charge < -0.3 is 14.5 Å². The van der Waals surface area contributed by atoms with Crippen LogP contribution in [0.1, 0.15) is 29.0 Å². The summed E-state index contributed by atoms with van der Waals surface area (Å²) in [5.74, 6) is 0.757. The van der Waals surface area contributed by atoms with Crippen LogP contribution in [0, 0.1) is 0 Å². The highest BCUT2D eigenvalue weighted by molar-refractivity contribution is 7.15. The van der Waals surface area contributed by atoms with Crippen LogP contribution in [0.2, 0.25) is 0 Å². The molecule has 0 aromatic carbocycles. The molecule has 0 radical (unpaired) electrons. The predicted octanol–water partition coefficient (Wildman–Crippen LogP) is 3.02. The number of oxazole rings is 1. The number of thiophene rings is 1. The second-order valence-corrected chi connectivity index (χ2v) is 6.22. The van der Waals surface area contributed by atoms with Crippen LogP contribution in [0.25, 0.3) is 10.8 Å². The molecule has 0 atom stereocenters. The van der Waals surface area contributed by atoms with Crippen LogP contribution in [-0.2, 0) is 24.1 Å². The van der Waals surface area contributed by atoms with E-state index in [2.05, 4.69) is 16.4 Å². The van der Waals surface area contributed by atoms with E-state index in [9.17, 15) is 0 Å². The summed E-state index contributed by atoms with van der Waals surface area (Å²) in [6, 6.07) is 2.26. The van der Waals surface area contributed by atoms with E-state index in [0.717, 1.165) is 24.7 Å². The third-order valence-corrected chi connectivity index (χ3v) is 4.77. The zero-order valence-electron chi connectivity index (χ0n) is 11.8. The van der Waals surface area contributed by atoms with E-state index in [1.807, 2.05) is 11.3 Å². The standard InChI is InChI=1S/C15H20N2O2S/c1-18-7-6-16-9-12-10-19-15(17-12)14-8-11-4-2-3-5-13(11)20-14/h8,10,16H,2-7,9H2,1H3. The lowest BCUT2D eigenvalue weighted by Crippen LogP contribution is -2.18. The van der Waals surface area contributed by atoms with Gasteiger partial charge in [-0.05, 0) is 37.3 Å². The van der Waals surface area contributed by atoms with E-state index in [0.29, 0.717) is 6.61 Å². The van der Waals surface area contributed by atoms with Crippen LogP contribution < -0.4 is 5.32 Å². The second-order valence-electron chi connectivity index (χ2n) is 5.08. The number of nitrogens with zero attached hydrogens (tertiary/aromatic N) is 1. The summed E-state index contributed by atoms with van der Waals surface area (Å²) in [5.41, 5.74) is 2.44. The number of methoxy groups -OCH3 is 1. The van der Waals surface area contributed by atoms with Gasteiger partial charge in [-0.1, -0.05) is 0 Å². The topological polar surface area (TPSA) is 47.3 Å². The minimum atomic E-state index is 0.711. The van der Waals surface area contributed by atoms with Crippen molar-refractivity contribution in [1.29, 1.82) is 0 Å². The van der Waals surface area contributed by atoms with Crippen LogP contribution in [0.15, 0.2) is 16.7 Å². The van der Waals surface area contributed by atoms with Gasteiger partial charge in [-0.3, -0.25) is 0 Å². The van der Waals surface area contributed by atoms with E-state index < -0.39 is 0 Å². The zero-order chi connectivity index (χ0) is 13.8. The molecule has 1 aliphatic carbocycles. The lowest BCUT2D eigenvalue weighted by molar-refractivity contribution is 0.199. The molecule has 2 heterocycles. The van der Waals surface area contributed by atoms with Crippen molar-refractivity contribution >= 4 is 11.3 Å². The third kappa shape index (κ3) is 3.11. The lowest BCUT2D eigenvalue weighted by Gasteiger charge is -2.08. The molecule has 20 heavy (non-hydrogen) atoms. The average Bonchev–Trinajstić information content (AvgIpc) is 3.09. The summed E-state index contributed by atoms with van der Waals surface area (Å²) < 4.78 is 10.6. The molecule has 0 bridgehead atoms. The zero-order valence-corrected chi connectivity index (χ0v) is 12.6. The Kier molecular flexibility index (Phi) is 4.50. The van der Waals surface area contributed by atoms with E-state index in [4.69, 9.17) is 9.15 Å². The highest BCUT2D eigenvalue weighted by Crippen LogP contribution is 2.35. The SMILES string of the molecule is COCCNCc1coc(-c2cc3c(s2)CCCC3)n1. The molecule has 0 amide bonds. The summed E-state index contributed by atoms with van der Waals surface area (Å²) in [7, 11) is 1.70. The predicted molar refractivity (Wildman–Crippen MR) is 80.0 cm³/mol. The smallest absolute Gasteiger partial charge is 0.236 e. The molecule has 0 fully saturated rings. The highest BCUT2D eigenvalue weighted by Gasteiger charge is 2.16. The summed E-state index contributed by atoms with van der Waals surface area (Å²) in [4.78, 5) is 7.25. The van der Waals surface area contributed by atoms with Crippen LogP contribution in [0.5, 0.6) is 0 Å². The van der Waals surface area contributed by atoms with Gasteiger partial charge in [0.15, 0.2) is 0 Å². The molecule has 2 aromatic rings. The van der Waals surface area contributed by atoms with Crippen molar-refractivity contribution in [2.45, 2.75) is 32.2 Å². The lowest BCUT2D eigenvalue weighted by atomic mass is 9.99. The fourth-order valence-corrected chi connectivity index (χ4v) is 3.67.